The minimum atomic E-state index is -0.617. The van der Waals surface area contributed by atoms with E-state index in [9.17, 15) is 9.90 Å². The predicted octanol–water partition coefficient (Wildman–Crippen LogP) is 3.18. The lowest BCUT2D eigenvalue weighted by Crippen LogP contribution is -2.43. The highest BCUT2D eigenvalue weighted by atomic mass is 16.6. The van der Waals surface area contributed by atoms with Crippen LogP contribution in [0.2, 0.25) is 0 Å². The minimum Gasteiger partial charge on any atom is -0.444 e. The second-order valence-electron chi connectivity index (χ2n) is 7.29. The second-order valence-corrected chi connectivity index (χ2v) is 7.29. The highest BCUT2D eigenvalue weighted by Gasteiger charge is 2.28. The molecule has 1 amide bonds. The topological polar surface area (TPSA) is 49.8 Å². The summed E-state index contributed by atoms with van der Waals surface area (Å²) in [5.41, 5.74) is -1.05. The van der Waals surface area contributed by atoms with Gasteiger partial charge in [-0.3, -0.25) is 0 Å². The summed E-state index contributed by atoms with van der Waals surface area (Å²) in [4.78, 5) is 13.8. The van der Waals surface area contributed by atoms with Crippen molar-refractivity contribution in [2.75, 3.05) is 13.1 Å². The summed E-state index contributed by atoms with van der Waals surface area (Å²) in [5, 5.41) is 9.77. The molecule has 1 fully saturated rings. The molecule has 0 aromatic rings. The zero-order valence-electron chi connectivity index (χ0n) is 13.0. The number of hydrogen-bond acceptors (Lipinski definition) is 3. The molecule has 1 N–H and O–H groups in total. The zero-order valence-corrected chi connectivity index (χ0v) is 13.0. The number of hydrogen-bond donors (Lipinski definition) is 1. The van der Waals surface area contributed by atoms with E-state index in [1.807, 2.05) is 39.5 Å². The van der Waals surface area contributed by atoms with Crippen LogP contribution < -0.4 is 0 Å². The fourth-order valence-corrected chi connectivity index (χ4v) is 2.35. The standard InChI is InChI=1S/C15H29NO3/c1-14(2,3)19-13(17)16-10-6-7-12(11-16)8-9-15(4,5)18/h12,18H,6-11H2,1-5H3. The Kier molecular flexibility index (Phi) is 5.25. The number of piperidine rings is 1. The Morgan fingerprint density at radius 1 is 1.32 bits per heavy atom. The van der Waals surface area contributed by atoms with Gasteiger partial charge in [0.1, 0.15) is 5.60 Å². The van der Waals surface area contributed by atoms with Gasteiger partial charge in [-0.05, 0) is 66.2 Å². The van der Waals surface area contributed by atoms with Crippen LogP contribution in [0.3, 0.4) is 0 Å². The molecule has 0 aliphatic carbocycles. The van der Waals surface area contributed by atoms with Crippen LogP contribution in [-0.2, 0) is 4.74 Å². The third kappa shape index (κ3) is 6.81. The fourth-order valence-electron chi connectivity index (χ4n) is 2.35. The number of ether oxygens (including phenoxy) is 1. The van der Waals surface area contributed by atoms with E-state index in [1.54, 1.807) is 0 Å². The van der Waals surface area contributed by atoms with Crippen LogP contribution in [0.25, 0.3) is 0 Å². The van der Waals surface area contributed by atoms with Crippen molar-refractivity contribution in [3.8, 4) is 0 Å². The number of carbonyl (C=O) groups is 1. The van der Waals surface area contributed by atoms with E-state index in [0.717, 1.165) is 38.8 Å². The molecule has 0 radical (unpaired) electrons. The van der Waals surface area contributed by atoms with Gasteiger partial charge in [-0.2, -0.15) is 0 Å². The van der Waals surface area contributed by atoms with Gasteiger partial charge in [0.15, 0.2) is 0 Å². The molecule has 0 saturated carbocycles. The summed E-state index contributed by atoms with van der Waals surface area (Å²) in [5.74, 6) is 0.479. The van der Waals surface area contributed by atoms with E-state index in [-0.39, 0.29) is 6.09 Å². The summed E-state index contributed by atoms with van der Waals surface area (Å²) in [6, 6.07) is 0. The van der Waals surface area contributed by atoms with Gasteiger partial charge in [-0.25, -0.2) is 4.79 Å². The fraction of sp³-hybridized carbons (Fsp3) is 0.933. The number of rotatable bonds is 3. The smallest absolute Gasteiger partial charge is 0.410 e. The van der Waals surface area contributed by atoms with Crippen LogP contribution in [0.15, 0.2) is 0 Å². The van der Waals surface area contributed by atoms with Gasteiger partial charge in [-0.1, -0.05) is 0 Å². The molecule has 0 spiro atoms. The van der Waals surface area contributed by atoms with E-state index in [1.165, 1.54) is 0 Å². The number of aliphatic hydroxyl groups is 1. The molecule has 0 aromatic carbocycles. The molecule has 0 bridgehead atoms. The maximum absolute atomic E-state index is 12.0. The SMILES string of the molecule is CC(C)(O)CCC1CCCN(C(=O)OC(C)(C)C)C1. The van der Waals surface area contributed by atoms with Crippen molar-refractivity contribution >= 4 is 6.09 Å². The summed E-state index contributed by atoms with van der Waals surface area (Å²) in [7, 11) is 0. The molecule has 1 aliphatic heterocycles. The van der Waals surface area contributed by atoms with Crippen molar-refractivity contribution in [1.29, 1.82) is 0 Å². The largest absolute Gasteiger partial charge is 0.444 e. The van der Waals surface area contributed by atoms with Gasteiger partial charge in [0.05, 0.1) is 5.60 Å². The highest BCUT2D eigenvalue weighted by Crippen LogP contribution is 2.25. The first-order chi connectivity index (χ1) is 8.57. The van der Waals surface area contributed by atoms with Crippen molar-refractivity contribution in [3.63, 3.8) is 0 Å². The predicted molar refractivity (Wildman–Crippen MR) is 76.1 cm³/mol. The molecule has 1 heterocycles. The van der Waals surface area contributed by atoms with Crippen LogP contribution in [0.5, 0.6) is 0 Å². The third-order valence-electron chi connectivity index (χ3n) is 3.34. The highest BCUT2D eigenvalue weighted by molar-refractivity contribution is 5.68. The van der Waals surface area contributed by atoms with Crippen molar-refractivity contribution < 1.29 is 14.6 Å². The minimum absolute atomic E-state index is 0.208. The van der Waals surface area contributed by atoms with E-state index >= 15 is 0 Å². The van der Waals surface area contributed by atoms with Crippen molar-refractivity contribution in [3.05, 3.63) is 0 Å². The Bertz CT molecular complexity index is 301. The monoisotopic (exact) mass is 271 g/mol. The molecule has 4 heteroatoms. The summed E-state index contributed by atoms with van der Waals surface area (Å²) in [6.07, 6.45) is 3.69. The van der Waals surface area contributed by atoms with Crippen LogP contribution in [0.4, 0.5) is 4.79 Å². The molecule has 1 aliphatic rings. The third-order valence-corrected chi connectivity index (χ3v) is 3.34. The Morgan fingerprint density at radius 2 is 1.95 bits per heavy atom. The van der Waals surface area contributed by atoms with Gasteiger partial charge in [0.25, 0.3) is 0 Å². The molecular formula is C15H29NO3. The van der Waals surface area contributed by atoms with E-state index in [2.05, 4.69) is 0 Å². The quantitative estimate of drug-likeness (QED) is 0.857. The molecule has 1 unspecified atom stereocenters. The lowest BCUT2D eigenvalue weighted by Gasteiger charge is -2.34. The number of nitrogens with zero attached hydrogens (tertiary/aromatic N) is 1. The molecule has 19 heavy (non-hydrogen) atoms. The lowest BCUT2D eigenvalue weighted by molar-refractivity contribution is 0.0135. The van der Waals surface area contributed by atoms with Crippen LogP contribution >= 0.6 is 0 Å². The molecule has 112 valence electrons. The molecule has 0 aromatic heterocycles. The van der Waals surface area contributed by atoms with Crippen LogP contribution in [0.1, 0.15) is 60.3 Å². The van der Waals surface area contributed by atoms with Gasteiger partial charge in [0, 0.05) is 13.1 Å². The molecule has 1 saturated heterocycles. The van der Waals surface area contributed by atoms with Crippen LogP contribution in [-0.4, -0.2) is 40.4 Å². The molecule has 4 nitrogen and oxygen atoms in total. The van der Waals surface area contributed by atoms with E-state index < -0.39 is 11.2 Å². The first-order valence-electron chi connectivity index (χ1n) is 7.27. The van der Waals surface area contributed by atoms with Crippen molar-refractivity contribution in [1.82, 2.24) is 4.90 Å². The Hall–Kier alpha value is -0.770. The zero-order chi connectivity index (χ0) is 14.7. The maximum atomic E-state index is 12.0. The Labute approximate surface area is 117 Å². The lowest BCUT2D eigenvalue weighted by atomic mass is 9.89. The molecular weight excluding hydrogens is 242 g/mol. The number of likely N-dealkylation sites (tertiary alicyclic amines) is 1. The molecule has 1 rings (SSSR count). The van der Waals surface area contributed by atoms with Gasteiger partial charge < -0.3 is 14.7 Å². The summed E-state index contributed by atoms with van der Waals surface area (Å²) >= 11 is 0. The van der Waals surface area contributed by atoms with Gasteiger partial charge >= 0.3 is 6.09 Å². The van der Waals surface area contributed by atoms with E-state index in [4.69, 9.17) is 4.74 Å². The normalized spacial score (nSPS) is 21.4. The average molecular weight is 271 g/mol. The van der Waals surface area contributed by atoms with Crippen molar-refractivity contribution in [2.24, 2.45) is 5.92 Å². The number of carbonyl (C=O) groups excluding carboxylic acids is 1. The summed E-state index contributed by atoms with van der Waals surface area (Å²) < 4.78 is 5.41. The van der Waals surface area contributed by atoms with E-state index in [0.29, 0.717) is 5.92 Å². The van der Waals surface area contributed by atoms with Gasteiger partial charge in [0.2, 0.25) is 0 Å². The number of amides is 1. The first-order valence-corrected chi connectivity index (χ1v) is 7.27. The Morgan fingerprint density at radius 3 is 2.47 bits per heavy atom. The van der Waals surface area contributed by atoms with Crippen LogP contribution in [0, 0.1) is 5.92 Å². The first kappa shape index (κ1) is 16.3. The maximum Gasteiger partial charge on any atom is 0.410 e. The average Bonchev–Trinajstić information content (AvgIpc) is 2.23. The van der Waals surface area contributed by atoms with Crippen molar-refractivity contribution in [2.45, 2.75) is 71.5 Å². The van der Waals surface area contributed by atoms with Gasteiger partial charge in [-0.15, -0.1) is 0 Å². The Balaban J connectivity index is 2.44. The molecule has 1 atom stereocenters. The summed E-state index contributed by atoms with van der Waals surface area (Å²) in [6.45, 7) is 10.9. The second kappa shape index (κ2) is 6.12.